The molecule has 0 aromatic rings. The van der Waals surface area contributed by atoms with Crippen molar-refractivity contribution >= 4 is 11.8 Å². The first-order chi connectivity index (χ1) is 4.43. The molecular weight excluding hydrogens is 136 g/mol. The molecule has 1 N–H and O–H groups in total. The summed E-state index contributed by atoms with van der Waals surface area (Å²) in [4.78, 5) is 9.64. The van der Waals surface area contributed by atoms with Gasteiger partial charge in [-0.1, -0.05) is 5.18 Å². The zero-order chi connectivity index (χ0) is 6.53. The number of nitrogens with one attached hydrogen (secondary N) is 1. The third-order valence-electron chi connectivity index (χ3n) is 1.31. The van der Waals surface area contributed by atoms with Crippen LogP contribution < -0.4 is 5.32 Å². The summed E-state index contributed by atoms with van der Waals surface area (Å²) in [6.07, 6.45) is 2.45. The van der Waals surface area contributed by atoms with Crippen molar-refractivity contribution in [2.75, 3.05) is 12.4 Å². The minimum absolute atomic E-state index is 0.262. The molecule has 1 fully saturated rings. The molecule has 1 unspecified atom stereocenters. The van der Waals surface area contributed by atoms with E-state index < -0.39 is 0 Å². The average molecular weight is 146 g/mol. The third-order valence-corrected chi connectivity index (χ3v) is 2.64. The second-order valence-electron chi connectivity index (χ2n) is 1.99. The summed E-state index contributed by atoms with van der Waals surface area (Å²) in [5.74, 6) is 1.22. The number of nitroso groups, excluding NO2 is 1. The van der Waals surface area contributed by atoms with Crippen LogP contribution in [-0.2, 0) is 0 Å². The molecule has 0 radical (unpaired) electrons. The first kappa shape index (κ1) is 7.02. The Kier molecular flexibility index (Phi) is 3.00. The third kappa shape index (κ3) is 2.32. The van der Waals surface area contributed by atoms with Gasteiger partial charge in [-0.25, -0.2) is 0 Å². The molecule has 0 amide bonds. The average Bonchev–Trinajstić information content (AvgIpc) is 2.34. The molecule has 9 heavy (non-hydrogen) atoms. The fourth-order valence-electron chi connectivity index (χ4n) is 0.878. The maximum atomic E-state index is 9.64. The highest BCUT2D eigenvalue weighted by molar-refractivity contribution is 8.00. The van der Waals surface area contributed by atoms with E-state index in [1.54, 1.807) is 0 Å². The molecule has 0 aromatic carbocycles. The van der Waals surface area contributed by atoms with Crippen molar-refractivity contribution in [3.05, 3.63) is 4.91 Å². The van der Waals surface area contributed by atoms with Gasteiger partial charge >= 0.3 is 0 Å². The van der Waals surface area contributed by atoms with Gasteiger partial charge in [-0.3, -0.25) is 5.32 Å². The zero-order valence-corrected chi connectivity index (χ0v) is 5.99. The first-order valence-electron chi connectivity index (χ1n) is 3.07. The number of hydrogen-bond acceptors (Lipinski definition) is 4. The smallest absolute Gasteiger partial charge is 0.132 e. The van der Waals surface area contributed by atoms with Crippen LogP contribution >= 0.6 is 11.8 Å². The van der Waals surface area contributed by atoms with Crippen LogP contribution in [0.1, 0.15) is 12.8 Å². The largest absolute Gasteiger partial charge is 0.284 e. The van der Waals surface area contributed by atoms with Crippen LogP contribution in [0.25, 0.3) is 0 Å². The van der Waals surface area contributed by atoms with Gasteiger partial charge in [-0.15, -0.1) is 16.7 Å². The lowest BCUT2D eigenvalue weighted by Gasteiger charge is -2.05. The zero-order valence-electron chi connectivity index (χ0n) is 5.17. The number of thioether (sulfide) groups is 1. The SMILES string of the molecule is O=NCNC1CCCS1. The van der Waals surface area contributed by atoms with Crippen molar-refractivity contribution in [3.63, 3.8) is 0 Å². The Labute approximate surface area is 58.6 Å². The molecule has 0 bridgehead atoms. The molecule has 3 nitrogen and oxygen atoms in total. The maximum absolute atomic E-state index is 9.64. The molecule has 1 heterocycles. The highest BCUT2D eigenvalue weighted by Crippen LogP contribution is 2.23. The summed E-state index contributed by atoms with van der Waals surface area (Å²) < 4.78 is 0. The lowest BCUT2D eigenvalue weighted by atomic mass is 10.3. The lowest BCUT2D eigenvalue weighted by Crippen LogP contribution is -2.22. The van der Waals surface area contributed by atoms with E-state index >= 15 is 0 Å². The molecule has 0 saturated carbocycles. The van der Waals surface area contributed by atoms with Crippen LogP contribution in [0.4, 0.5) is 0 Å². The summed E-state index contributed by atoms with van der Waals surface area (Å²) in [5.41, 5.74) is 0. The van der Waals surface area contributed by atoms with E-state index in [1.165, 1.54) is 18.6 Å². The van der Waals surface area contributed by atoms with Gasteiger partial charge in [0, 0.05) is 0 Å². The predicted molar refractivity (Wildman–Crippen MR) is 39.3 cm³/mol. The molecule has 1 saturated heterocycles. The molecule has 1 atom stereocenters. The maximum Gasteiger partial charge on any atom is 0.132 e. The van der Waals surface area contributed by atoms with E-state index in [9.17, 15) is 4.91 Å². The van der Waals surface area contributed by atoms with Gasteiger partial charge in [0.2, 0.25) is 0 Å². The summed E-state index contributed by atoms with van der Waals surface area (Å²) in [5, 5.41) is 6.23. The van der Waals surface area contributed by atoms with Crippen LogP contribution in [0, 0.1) is 4.91 Å². The van der Waals surface area contributed by atoms with Crippen molar-refractivity contribution in [3.8, 4) is 0 Å². The molecule has 52 valence electrons. The van der Waals surface area contributed by atoms with E-state index in [1.807, 2.05) is 11.8 Å². The first-order valence-corrected chi connectivity index (χ1v) is 4.12. The van der Waals surface area contributed by atoms with Crippen molar-refractivity contribution < 1.29 is 0 Å². The van der Waals surface area contributed by atoms with Gasteiger partial charge in [0.25, 0.3) is 0 Å². The van der Waals surface area contributed by atoms with Gasteiger partial charge in [0.05, 0.1) is 5.37 Å². The van der Waals surface area contributed by atoms with Crippen LogP contribution in [0.3, 0.4) is 0 Å². The molecule has 0 spiro atoms. The topological polar surface area (TPSA) is 41.5 Å². The monoisotopic (exact) mass is 146 g/mol. The van der Waals surface area contributed by atoms with Gasteiger partial charge in [0.15, 0.2) is 0 Å². The van der Waals surface area contributed by atoms with Crippen LogP contribution in [0.15, 0.2) is 5.18 Å². The fourth-order valence-corrected chi connectivity index (χ4v) is 2.02. The molecule has 1 rings (SSSR count). The second kappa shape index (κ2) is 3.85. The van der Waals surface area contributed by atoms with Gasteiger partial charge in [-0.05, 0) is 18.6 Å². The van der Waals surface area contributed by atoms with Crippen molar-refractivity contribution in [1.29, 1.82) is 0 Å². The Balaban J connectivity index is 2.04. The Bertz CT molecular complexity index is 93.0. The van der Waals surface area contributed by atoms with E-state index in [0.717, 1.165) is 0 Å². The molecule has 1 aliphatic rings. The van der Waals surface area contributed by atoms with Crippen LogP contribution in [-0.4, -0.2) is 17.8 Å². The van der Waals surface area contributed by atoms with E-state index in [4.69, 9.17) is 0 Å². The molecule has 4 heteroatoms. The quantitative estimate of drug-likeness (QED) is 0.607. The molecule has 0 aliphatic carbocycles. The van der Waals surface area contributed by atoms with E-state index in [0.29, 0.717) is 5.37 Å². The van der Waals surface area contributed by atoms with Gasteiger partial charge < -0.3 is 0 Å². The fraction of sp³-hybridized carbons (Fsp3) is 1.00. The Morgan fingerprint density at radius 2 is 2.67 bits per heavy atom. The summed E-state index contributed by atoms with van der Waals surface area (Å²) in [7, 11) is 0. The standard InChI is InChI=1S/C5H10N2OS/c8-7-4-6-5-2-1-3-9-5/h5-6H,1-4H2. The minimum atomic E-state index is 0.262. The Morgan fingerprint density at radius 1 is 1.78 bits per heavy atom. The normalized spacial score (nSPS) is 26.4. The molecule has 1 aliphatic heterocycles. The Hall–Kier alpha value is -0.0900. The predicted octanol–water partition coefficient (Wildman–Crippen LogP) is 1.15. The van der Waals surface area contributed by atoms with Crippen molar-refractivity contribution in [2.24, 2.45) is 5.18 Å². The summed E-state index contributed by atoms with van der Waals surface area (Å²) in [6.45, 7) is 0.262. The van der Waals surface area contributed by atoms with Gasteiger partial charge in [0.1, 0.15) is 6.67 Å². The van der Waals surface area contributed by atoms with Gasteiger partial charge in [-0.2, -0.15) is 0 Å². The number of rotatable bonds is 3. The van der Waals surface area contributed by atoms with Crippen molar-refractivity contribution in [2.45, 2.75) is 18.2 Å². The van der Waals surface area contributed by atoms with E-state index in [2.05, 4.69) is 10.5 Å². The number of hydrogen-bond donors (Lipinski definition) is 1. The van der Waals surface area contributed by atoms with Crippen LogP contribution in [0.2, 0.25) is 0 Å². The summed E-state index contributed by atoms with van der Waals surface area (Å²) >= 11 is 1.87. The molecule has 0 aromatic heterocycles. The minimum Gasteiger partial charge on any atom is -0.284 e. The number of nitrogens with zero attached hydrogens (tertiary/aromatic N) is 1. The van der Waals surface area contributed by atoms with E-state index in [-0.39, 0.29) is 6.67 Å². The summed E-state index contributed by atoms with van der Waals surface area (Å²) in [6, 6.07) is 0. The highest BCUT2D eigenvalue weighted by atomic mass is 32.2. The highest BCUT2D eigenvalue weighted by Gasteiger charge is 2.13. The van der Waals surface area contributed by atoms with Crippen LogP contribution in [0.5, 0.6) is 0 Å². The van der Waals surface area contributed by atoms with Crippen molar-refractivity contribution in [1.82, 2.24) is 5.32 Å². The Morgan fingerprint density at radius 3 is 3.22 bits per heavy atom. The second-order valence-corrected chi connectivity index (χ2v) is 3.30. The lowest BCUT2D eigenvalue weighted by molar-refractivity contribution is 0.635. The molecular formula is C5H10N2OS.